The van der Waals surface area contributed by atoms with Crippen LogP contribution in [0.4, 0.5) is 5.69 Å². The van der Waals surface area contributed by atoms with Crippen LogP contribution < -0.4 is 9.64 Å². The van der Waals surface area contributed by atoms with Gasteiger partial charge in [-0.1, -0.05) is 48.5 Å². The van der Waals surface area contributed by atoms with Crippen LogP contribution in [0.5, 0.6) is 11.5 Å². The molecule has 0 aliphatic carbocycles. The molecule has 1 unspecified atom stereocenters. The summed E-state index contributed by atoms with van der Waals surface area (Å²) in [5.74, 6) is 1.13. The molecule has 1 atom stereocenters. The maximum absolute atomic E-state index is 10.4. The van der Waals surface area contributed by atoms with Crippen LogP contribution in [0, 0.1) is 0 Å². The van der Waals surface area contributed by atoms with E-state index < -0.39 is 6.10 Å². The van der Waals surface area contributed by atoms with E-state index in [0.717, 1.165) is 48.4 Å². The first-order valence-corrected chi connectivity index (χ1v) is 9.74. The van der Waals surface area contributed by atoms with Gasteiger partial charge in [0.2, 0.25) is 0 Å². The maximum atomic E-state index is 10.4. The number of halogens is 2. The molecule has 0 bridgehead atoms. The summed E-state index contributed by atoms with van der Waals surface area (Å²) >= 11 is 0. The van der Waals surface area contributed by atoms with Crippen LogP contribution in [-0.2, 0) is 0 Å². The van der Waals surface area contributed by atoms with Crippen LogP contribution >= 0.6 is 24.8 Å². The Morgan fingerprint density at radius 3 is 2.27 bits per heavy atom. The molecule has 0 amide bonds. The summed E-state index contributed by atoms with van der Waals surface area (Å²) in [4.78, 5) is 4.43. The highest BCUT2D eigenvalue weighted by Crippen LogP contribution is 2.27. The van der Waals surface area contributed by atoms with Crippen LogP contribution in [0.15, 0.2) is 66.7 Å². The van der Waals surface area contributed by atoms with Crippen molar-refractivity contribution in [3.8, 4) is 11.5 Å². The van der Waals surface area contributed by atoms with Gasteiger partial charge < -0.3 is 19.8 Å². The predicted molar refractivity (Wildman–Crippen MR) is 127 cm³/mol. The molecule has 4 rings (SSSR count). The predicted octanol–water partition coefficient (Wildman–Crippen LogP) is 3.95. The number of phenolic OH excluding ortho intramolecular Hbond substituents is 1. The van der Waals surface area contributed by atoms with Crippen molar-refractivity contribution in [2.75, 3.05) is 44.2 Å². The summed E-state index contributed by atoms with van der Waals surface area (Å²) in [5, 5.41) is 22.7. The minimum atomic E-state index is -0.546. The second kappa shape index (κ2) is 11.3. The molecule has 1 fully saturated rings. The Bertz CT molecular complexity index is 928. The van der Waals surface area contributed by atoms with Crippen molar-refractivity contribution in [1.82, 2.24) is 4.90 Å². The topological polar surface area (TPSA) is 56.2 Å². The summed E-state index contributed by atoms with van der Waals surface area (Å²) in [6.45, 7) is 4.20. The Balaban J connectivity index is 0.00000160. The van der Waals surface area contributed by atoms with Crippen molar-refractivity contribution < 1.29 is 14.9 Å². The number of aromatic hydroxyl groups is 1. The quantitative estimate of drug-likeness (QED) is 0.595. The average molecular weight is 451 g/mol. The van der Waals surface area contributed by atoms with E-state index in [1.165, 1.54) is 0 Å². The van der Waals surface area contributed by atoms with E-state index in [4.69, 9.17) is 4.74 Å². The van der Waals surface area contributed by atoms with E-state index in [0.29, 0.717) is 12.3 Å². The number of phenols is 1. The van der Waals surface area contributed by atoms with E-state index in [9.17, 15) is 10.2 Å². The van der Waals surface area contributed by atoms with Crippen molar-refractivity contribution in [3.63, 3.8) is 0 Å². The number of fused-ring (bicyclic) bond motifs is 1. The van der Waals surface area contributed by atoms with E-state index in [2.05, 4.69) is 21.9 Å². The second-order valence-corrected chi connectivity index (χ2v) is 7.22. The number of nitrogens with zero attached hydrogens (tertiary/aromatic N) is 2. The van der Waals surface area contributed by atoms with Gasteiger partial charge in [-0.25, -0.2) is 0 Å². The standard InChI is InChI=1S/C23H26N2O3.2ClH/c26-19(17-28-23-11-5-7-18-6-1-2-8-20(18)23)16-24-12-14-25(15-13-24)21-9-3-4-10-22(21)27;;/h1-11,19,26-27H,12-17H2;2*1H. The van der Waals surface area contributed by atoms with Crippen LogP contribution in [0.25, 0.3) is 10.8 Å². The van der Waals surface area contributed by atoms with E-state index >= 15 is 0 Å². The third kappa shape index (κ3) is 5.70. The first-order valence-electron chi connectivity index (χ1n) is 9.74. The smallest absolute Gasteiger partial charge is 0.138 e. The Kier molecular flexibility index (Phi) is 9.06. The maximum Gasteiger partial charge on any atom is 0.138 e. The summed E-state index contributed by atoms with van der Waals surface area (Å²) in [5.41, 5.74) is 0.877. The molecule has 2 N–H and O–H groups in total. The number of benzene rings is 3. The lowest BCUT2D eigenvalue weighted by Gasteiger charge is -2.37. The Labute approximate surface area is 189 Å². The number of aliphatic hydroxyl groups is 1. The molecule has 30 heavy (non-hydrogen) atoms. The molecule has 7 heteroatoms. The van der Waals surface area contributed by atoms with E-state index in [-0.39, 0.29) is 31.4 Å². The molecule has 3 aromatic carbocycles. The van der Waals surface area contributed by atoms with Gasteiger partial charge in [0.25, 0.3) is 0 Å². The van der Waals surface area contributed by atoms with Gasteiger partial charge in [0.1, 0.15) is 24.2 Å². The van der Waals surface area contributed by atoms with Gasteiger partial charge in [-0.05, 0) is 23.6 Å². The zero-order valence-corrected chi connectivity index (χ0v) is 18.3. The molecule has 0 aromatic heterocycles. The monoisotopic (exact) mass is 450 g/mol. The summed E-state index contributed by atoms with van der Waals surface area (Å²) in [6, 6.07) is 21.5. The number of piperazine rings is 1. The highest BCUT2D eigenvalue weighted by Gasteiger charge is 2.21. The first-order chi connectivity index (χ1) is 13.7. The van der Waals surface area contributed by atoms with Gasteiger partial charge >= 0.3 is 0 Å². The summed E-state index contributed by atoms with van der Waals surface area (Å²) in [6.07, 6.45) is -0.546. The fraction of sp³-hybridized carbons (Fsp3) is 0.304. The fourth-order valence-electron chi connectivity index (χ4n) is 3.76. The summed E-state index contributed by atoms with van der Waals surface area (Å²) < 4.78 is 5.91. The Morgan fingerprint density at radius 2 is 1.50 bits per heavy atom. The molecule has 0 saturated carbocycles. The molecule has 0 spiro atoms. The first kappa shape index (κ1) is 24.1. The number of anilines is 1. The number of hydrogen-bond acceptors (Lipinski definition) is 5. The van der Waals surface area contributed by atoms with Crippen LogP contribution in [0.2, 0.25) is 0 Å². The minimum Gasteiger partial charge on any atom is -0.506 e. The van der Waals surface area contributed by atoms with Crippen molar-refractivity contribution in [1.29, 1.82) is 0 Å². The summed E-state index contributed by atoms with van der Waals surface area (Å²) in [7, 11) is 0. The van der Waals surface area contributed by atoms with Crippen molar-refractivity contribution >= 4 is 41.3 Å². The number of para-hydroxylation sites is 2. The van der Waals surface area contributed by atoms with Gasteiger partial charge in [0.15, 0.2) is 0 Å². The second-order valence-electron chi connectivity index (χ2n) is 7.22. The fourth-order valence-corrected chi connectivity index (χ4v) is 3.76. The van der Waals surface area contributed by atoms with Gasteiger partial charge in [-0.15, -0.1) is 24.8 Å². The number of aliphatic hydroxyl groups excluding tert-OH is 1. The lowest BCUT2D eigenvalue weighted by atomic mass is 10.1. The molecular formula is C23H28Cl2N2O3. The molecule has 1 aliphatic heterocycles. The molecule has 162 valence electrons. The van der Waals surface area contributed by atoms with Gasteiger partial charge in [0, 0.05) is 38.1 Å². The molecular weight excluding hydrogens is 423 g/mol. The van der Waals surface area contributed by atoms with Gasteiger partial charge in [-0.3, -0.25) is 4.90 Å². The van der Waals surface area contributed by atoms with Crippen LogP contribution in [0.3, 0.4) is 0 Å². The van der Waals surface area contributed by atoms with Crippen molar-refractivity contribution in [2.24, 2.45) is 0 Å². The van der Waals surface area contributed by atoms with E-state index in [1.54, 1.807) is 6.07 Å². The SMILES string of the molecule is Cl.Cl.Oc1ccccc1N1CCN(CC(O)COc2cccc3ccccc23)CC1. The molecule has 1 aliphatic rings. The Morgan fingerprint density at radius 1 is 0.833 bits per heavy atom. The zero-order valence-electron chi connectivity index (χ0n) is 16.7. The minimum absolute atomic E-state index is 0. The van der Waals surface area contributed by atoms with Crippen LogP contribution in [0.1, 0.15) is 0 Å². The Hall–Kier alpha value is -2.18. The number of ether oxygens (including phenoxy) is 1. The normalized spacial score (nSPS) is 15.2. The van der Waals surface area contributed by atoms with Gasteiger partial charge in [0.05, 0.1) is 5.69 Å². The molecule has 1 saturated heterocycles. The largest absolute Gasteiger partial charge is 0.506 e. The molecule has 1 heterocycles. The van der Waals surface area contributed by atoms with Gasteiger partial charge in [-0.2, -0.15) is 0 Å². The average Bonchev–Trinajstić information content (AvgIpc) is 2.73. The number of hydrogen-bond donors (Lipinski definition) is 2. The molecule has 0 radical (unpaired) electrons. The highest BCUT2D eigenvalue weighted by molar-refractivity contribution is 5.88. The number of rotatable bonds is 6. The highest BCUT2D eigenvalue weighted by atomic mass is 35.5. The third-order valence-electron chi connectivity index (χ3n) is 5.24. The third-order valence-corrected chi connectivity index (χ3v) is 5.24. The van der Waals surface area contributed by atoms with Crippen molar-refractivity contribution in [3.05, 3.63) is 66.7 Å². The van der Waals surface area contributed by atoms with Crippen molar-refractivity contribution in [2.45, 2.75) is 6.10 Å². The lowest BCUT2D eigenvalue weighted by Crippen LogP contribution is -2.49. The molecule has 3 aromatic rings. The molecule has 5 nitrogen and oxygen atoms in total. The van der Waals surface area contributed by atoms with E-state index in [1.807, 2.05) is 48.5 Å². The number of β-amino-alcohol motifs (C(OH)–C–C–N with tert-alkyl or cyclic N) is 1. The van der Waals surface area contributed by atoms with Crippen LogP contribution in [-0.4, -0.2) is 60.5 Å². The lowest BCUT2D eigenvalue weighted by molar-refractivity contribution is 0.0668. The zero-order chi connectivity index (χ0) is 19.3.